The zero-order valence-electron chi connectivity index (χ0n) is 7.32. The molecule has 13 heavy (non-hydrogen) atoms. The minimum atomic E-state index is -0.151. The first-order valence-electron chi connectivity index (χ1n) is 4.09. The van der Waals surface area contributed by atoms with Crippen LogP contribution in [0.25, 0.3) is 0 Å². The Balaban J connectivity index is 2.28. The fourth-order valence-electron chi connectivity index (χ4n) is 1.42. The summed E-state index contributed by atoms with van der Waals surface area (Å²) in [5, 5.41) is 4.06. The van der Waals surface area contributed by atoms with Gasteiger partial charge in [-0.25, -0.2) is 4.68 Å². The molecule has 0 saturated heterocycles. The zero-order valence-corrected chi connectivity index (χ0v) is 7.32. The predicted molar refractivity (Wildman–Crippen MR) is 48.0 cm³/mol. The van der Waals surface area contributed by atoms with Gasteiger partial charge < -0.3 is 0 Å². The van der Waals surface area contributed by atoms with Crippen molar-refractivity contribution >= 4 is 11.7 Å². The second kappa shape index (κ2) is 2.94. The van der Waals surface area contributed by atoms with Crippen LogP contribution in [0.1, 0.15) is 6.92 Å². The van der Waals surface area contributed by atoms with E-state index in [9.17, 15) is 4.79 Å². The molecule has 0 saturated carbocycles. The van der Waals surface area contributed by atoms with Crippen molar-refractivity contribution in [3.63, 3.8) is 0 Å². The van der Waals surface area contributed by atoms with Gasteiger partial charge in [-0.15, -0.1) is 0 Å². The lowest BCUT2D eigenvalue weighted by Gasteiger charge is -2.09. The fourth-order valence-corrected chi connectivity index (χ4v) is 1.42. The number of hydrogen-bond donors (Lipinski definition) is 0. The summed E-state index contributed by atoms with van der Waals surface area (Å²) in [4.78, 5) is 13.1. The molecule has 0 bridgehead atoms. The van der Waals surface area contributed by atoms with Gasteiger partial charge >= 0.3 is 5.91 Å². The Bertz CT molecular complexity index is 396. The number of carbonyl (C=O) groups is 1. The van der Waals surface area contributed by atoms with Crippen LogP contribution >= 0.6 is 0 Å². The molecule has 1 aliphatic heterocycles. The molecule has 1 aliphatic rings. The fraction of sp³-hybridized carbons (Fsp3) is 0.333. The summed E-state index contributed by atoms with van der Waals surface area (Å²) in [7, 11) is 0. The van der Waals surface area contributed by atoms with Gasteiger partial charge in [0.2, 0.25) is 0 Å². The van der Waals surface area contributed by atoms with Crippen LogP contribution in [0.5, 0.6) is 0 Å². The first-order chi connectivity index (χ1) is 6.33. The van der Waals surface area contributed by atoms with Crippen molar-refractivity contribution in [3.05, 3.63) is 12.3 Å². The number of nitrogens with zero attached hydrogens (tertiary/aromatic N) is 3. The van der Waals surface area contributed by atoms with Crippen LogP contribution in [-0.4, -0.2) is 22.2 Å². The standard InChI is InChI=1S/C9H9N3O/c1-2-3-9(13)11-6-7-12-8(11)4-5-10-12/h4-5H,6-7H2,1H3. The number of hydrogen-bond acceptors (Lipinski definition) is 2. The lowest BCUT2D eigenvalue weighted by atomic mass is 10.4. The molecule has 4 heteroatoms. The number of fused-ring (bicyclic) bond motifs is 1. The Morgan fingerprint density at radius 3 is 3.23 bits per heavy atom. The van der Waals surface area contributed by atoms with Gasteiger partial charge in [-0.3, -0.25) is 9.69 Å². The average molecular weight is 175 g/mol. The molecule has 1 aromatic heterocycles. The number of amides is 1. The second-order valence-electron chi connectivity index (χ2n) is 2.74. The maximum atomic E-state index is 11.4. The minimum absolute atomic E-state index is 0.151. The SMILES string of the molecule is CC#CC(=O)N1CCn2nccc21. The van der Waals surface area contributed by atoms with Crippen molar-refractivity contribution in [2.45, 2.75) is 13.5 Å². The van der Waals surface area contributed by atoms with E-state index in [1.54, 1.807) is 22.7 Å². The Morgan fingerprint density at radius 2 is 2.46 bits per heavy atom. The smallest absolute Gasteiger partial charge is 0.284 e. The normalized spacial score (nSPS) is 13.5. The maximum Gasteiger partial charge on any atom is 0.304 e. The molecule has 0 atom stereocenters. The molecule has 66 valence electrons. The van der Waals surface area contributed by atoms with Crippen LogP contribution in [0.15, 0.2) is 12.3 Å². The van der Waals surface area contributed by atoms with E-state index in [1.807, 2.05) is 6.07 Å². The molecule has 0 unspecified atom stereocenters. The molecule has 0 aliphatic carbocycles. The van der Waals surface area contributed by atoms with E-state index in [0.29, 0.717) is 6.54 Å². The monoisotopic (exact) mass is 175 g/mol. The number of anilines is 1. The highest BCUT2D eigenvalue weighted by atomic mass is 16.2. The molecular formula is C9H9N3O. The molecule has 1 amide bonds. The van der Waals surface area contributed by atoms with E-state index >= 15 is 0 Å². The van der Waals surface area contributed by atoms with Crippen LogP contribution in [0.4, 0.5) is 5.82 Å². The van der Waals surface area contributed by atoms with Gasteiger partial charge in [-0.1, -0.05) is 5.92 Å². The van der Waals surface area contributed by atoms with Crippen molar-refractivity contribution in [2.24, 2.45) is 0 Å². The van der Waals surface area contributed by atoms with Crippen molar-refractivity contribution in [1.29, 1.82) is 0 Å². The van der Waals surface area contributed by atoms with Gasteiger partial charge in [-0.05, 0) is 12.8 Å². The third-order valence-corrected chi connectivity index (χ3v) is 1.98. The van der Waals surface area contributed by atoms with Gasteiger partial charge in [0.25, 0.3) is 0 Å². The van der Waals surface area contributed by atoms with E-state index < -0.39 is 0 Å². The highest BCUT2D eigenvalue weighted by Gasteiger charge is 2.23. The Labute approximate surface area is 76.1 Å². The molecule has 0 radical (unpaired) electrons. The van der Waals surface area contributed by atoms with Crippen LogP contribution in [0.3, 0.4) is 0 Å². The summed E-state index contributed by atoms with van der Waals surface area (Å²) in [6.45, 7) is 3.10. The van der Waals surface area contributed by atoms with Gasteiger partial charge in [0.15, 0.2) is 0 Å². The van der Waals surface area contributed by atoms with Crippen molar-refractivity contribution in [2.75, 3.05) is 11.4 Å². The summed E-state index contributed by atoms with van der Waals surface area (Å²) >= 11 is 0. The molecule has 0 aromatic carbocycles. The summed E-state index contributed by atoms with van der Waals surface area (Å²) in [5.41, 5.74) is 0. The Morgan fingerprint density at radius 1 is 1.62 bits per heavy atom. The highest BCUT2D eigenvalue weighted by molar-refractivity contribution is 6.05. The van der Waals surface area contributed by atoms with Crippen LogP contribution in [0.2, 0.25) is 0 Å². The summed E-state index contributed by atoms with van der Waals surface area (Å²) < 4.78 is 1.80. The highest BCUT2D eigenvalue weighted by Crippen LogP contribution is 2.19. The lowest BCUT2D eigenvalue weighted by molar-refractivity contribution is -0.113. The van der Waals surface area contributed by atoms with Crippen LogP contribution in [-0.2, 0) is 11.3 Å². The molecule has 0 spiro atoms. The van der Waals surface area contributed by atoms with E-state index in [2.05, 4.69) is 16.9 Å². The van der Waals surface area contributed by atoms with Crippen LogP contribution in [0, 0.1) is 11.8 Å². The molecular weight excluding hydrogens is 166 g/mol. The lowest BCUT2D eigenvalue weighted by Crippen LogP contribution is -2.27. The van der Waals surface area contributed by atoms with Gasteiger partial charge in [0, 0.05) is 12.6 Å². The van der Waals surface area contributed by atoms with Crippen molar-refractivity contribution in [1.82, 2.24) is 9.78 Å². The maximum absolute atomic E-state index is 11.4. The predicted octanol–water partition coefficient (Wildman–Crippen LogP) is 0.253. The van der Waals surface area contributed by atoms with Crippen LogP contribution < -0.4 is 4.90 Å². The van der Waals surface area contributed by atoms with E-state index in [4.69, 9.17) is 0 Å². The second-order valence-corrected chi connectivity index (χ2v) is 2.74. The van der Waals surface area contributed by atoms with Gasteiger partial charge in [0.05, 0.1) is 12.7 Å². The van der Waals surface area contributed by atoms with E-state index in [1.165, 1.54) is 0 Å². The number of rotatable bonds is 0. The van der Waals surface area contributed by atoms with E-state index in [-0.39, 0.29) is 5.91 Å². The third-order valence-electron chi connectivity index (χ3n) is 1.98. The molecule has 2 rings (SSSR count). The Kier molecular flexibility index (Phi) is 1.78. The first kappa shape index (κ1) is 7.87. The van der Waals surface area contributed by atoms with Crippen molar-refractivity contribution in [3.8, 4) is 11.8 Å². The first-order valence-corrected chi connectivity index (χ1v) is 4.09. The molecule has 4 nitrogen and oxygen atoms in total. The third kappa shape index (κ3) is 1.18. The van der Waals surface area contributed by atoms with Crippen molar-refractivity contribution < 1.29 is 4.79 Å². The molecule has 1 aromatic rings. The summed E-state index contributed by atoms with van der Waals surface area (Å²) in [6.07, 6.45) is 1.69. The Hall–Kier alpha value is -1.76. The number of carbonyl (C=O) groups excluding carboxylic acids is 1. The molecule has 0 N–H and O–H groups in total. The largest absolute Gasteiger partial charge is 0.304 e. The van der Waals surface area contributed by atoms with Gasteiger partial charge in [-0.2, -0.15) is 5.10 Å². The molecule has 2 heterocycles. The van der Waals surface area contributed by atoms with Gasteiger partial charge in [0.1, 0.15) is 5.82 Å². The average Bonchev–Trinajstić information content (AvgIpc) is 2.62. The minimum Gasteiger partial charge on any atom is -0.284 e. The summed E-state index contributed by atoms with van der Waals surface area (Å²) in [6, 6.07) is 1.82. The molecule has 0 fully saturated rings. The zero-order chi connectivity index (χ0) is 9.26. The number of aromatic nitrogens is 2. The quantitative estimate of drug-likeness (QED) is 0.530. The topological polar surface area (TPSA) is 38.1 Å². The summed E-state index contributed by atoms with van der Waals surface area (Å²) in [5.74, 6) is 5.80. The van der Waals surface area contributed by atoms with E-state index in [0.717, 1.165) is 12.4 Å².